The first-order valence-electron chi connectivity index (χ1n) is 6.37. The largest absolute Gasteiger partial charge is 0.338 e. The Balaban J connectivity index is 2.16. The molecule has 0 aliphatic rings. The van der Waals surface area contributed by atoms with Gasteiger partial charge in [0.1, 0.15) is 0 Å². The Bertz CT molecular complexity index is 549. The van der Waals surface area contributed by atoms with E-state index in [-0.39, 0.29) is 5.54 Å². The Morgan fingerprint density at radius 2 is 1.74 bits per heavy atom. The van der Waals surface area contributed by atoms with Gasteiger partial charge in [0, 0.05) is 22.5 Å². The number of hydrogen-bond donors (Lipinski definition) is 1. The van der Waals surface area contributed by atoms with Crippen LogP contribution in [0.3, 0.4) is 0 Å². The van der Waals surface area contributed by atoms with Crippen LogP contribution < -0.4 is 5.32 Å². The van der Waals surface area contributed by atoms with Gasteiger partial charge in [-0.3, -0.25) is 4.98 Å². The summed E-state index contributed by atoms with van der Waals surface area (Å²) in [5.41, 5.74) is 2.87. The molecule has 0 spiro atoms. The van der Waals surface area contributed by atoms with Crippen molar-refractivity contribution >= 4 is 0 Å². The number of aryl methyl sites for hydroxylation is 2. The highest BCUT2D eigenvalue weighted by atomic mass is 16.5. The first kappa shape index (κ1) is 13.7. The third-order valence-corrected chi connectivity index (χ3v) is 2.58. The Morgan fingerprint density at radius 3 is 2.32 bits per heavy atom. The lowest BCUT2D eigenvalue weighted by Gasteiger charge is -2.18. The summed E-state index contributed by atoms with van der Waals surface area (Å²) in [7, 11) is 0. The maximum atomic E-state index is 5.25. The molecule has 2 aromatic heterocycles. The highest BCUT2D eigenvalue weighted by Gasteiger charge is 2.13. The predicted octanol–water partition coefficient (Wildman–Crippen LogP) is 2.64. The molecule has 1 N–H and O–H groups in total. The fourth-order valence-electron chi connectivity index (χ4n) is 1.75. The summed E-state index contributed by atoms with van der Waals surface area (Å²) < 4.78 is 5.25. The number of nitrogens with one attached hydrogen (secondary N) is 1. The van der Waals surface area contributed by atoms with E-state index in [1.54, 1.807) is 0 Å². The zero-order valence-electron chi connectivity index (χ0n) is 12.1. The summed E-state index contributed by atoms with van der Waals surface area (Å²) in [4.78, 5) is 8.73. The minimum atomic E-state index is 0.0263. The number of nitrogens with zero attached hydrogens (tertiary/aromatic N) is 3. The predicted molar refractivity (Wildman–Crippen MR) is 73.6 cm³/mol. The zero-order chi connectivity index (χ0) is 14.0. The third kappa shape index (κ3) is 3.86. The van der Waals surface area contributed by atoms with Gasteiger partial charge in [-0.2, -0.15) is 4.98 Å². The summed E-state index contributed by atoms with van der Waals surface area (Å²) in [5.74, 6) is 1.20. The van der Waals surface area contributed by atoms with E-state index in [4.69, 9.17) is 4.52 Å². The number of aromatic nitrogens is 3. The molecule has 5 heteroatoms. The fourth-order valence-corrected chi connectivity index (χ4v) is 1.75. The topological polar surface area (TPSA) is 63.8 Å². The van der Waals surface area contributed by atoms with Crippen LogP contribution in [0.2, 0.25) is 0 Å². The molecule has 0 fully saturated rings. The van der Waals surface area contributed by atoms with Crippen molar-refractivity contribution in [1.29, 1.82) is 0 Å². The lowest BCUT2D eigenvalue weighted by atomic mass is 10.1. The minimum absolute atomic E-state index is 0.0263. The highest BCUT2D eigenvalue weighted by molar-refractivity contribution is 5.55. The van der Waals surface area contributed by atoms with Gasteiger partial charge in [-0.1, -0.05) is 5.16 Å². The number of pyridine rings is 1. The van der Waals surface area contributed by atoms with Crippen LogP contribution in [0.15, 0.2) is 16.7 Å². The smallest absolute Gasteiger partial charge is 0.240 e. The summed E-state index contributed by atoms with van der Waals surface area (Å²) in [6, 6.07) is 3.91. The minimum Gasteiger partial charge on any atom is -0.338 e. The van der Waals surface area contributed by atoms with E-state index in [0.29, 0.717) is 18.3 Å². The van der Waals surface area contributed by atoms with Crippen molar-refractivity contribution in [3.63, 3.8) is 0 Å². The Morgan fingerprint density at radius 1 is 1.11 bits per heavy atom. The van der Waals surface area contributed by atoms with Gasteiger partial charge in [0.05, 0.1) is 6.54 Å². The molecule has 0 unspecified atom stereocenters. The first-order valence-corrected chi connectivity index (χ1v) is 6.37. The monoisotopic (exact) mass is 260 g/mol. The van der Waals surface area contributed by atoms with Crippen molar-refractivity contribution in [2.24, 2.45) is 0 Å². The van der Waals surface area contributed by atoms with Crippen LogP contribution in [0.1, 0.15) is 38.0 Å². The molecule has 0 aliphatic heterocycles. The molecule has 0 amide bonds. The second-order valence-electron chi connectivity index (χ2n) is 5.75. The Hall–Kier alpha value is -1.75. The SMILES string of the molecule is Cc1cc(-c2noc(CNC(C)(C)C)n2)cc(C)n1. The van der Waals surface area contributed by atoms with Crippen LogP contribution in [0, 0.1) is 13.8 Å². The zero-order valence-corrected chi connectivity index (χ0v) is 12.1. The molecule has 0 radical (unpaired) electrons. The Kier molecular flexibility index (Phi) is 3.66. The van der Waals surface area contributed by atoms with Crippen molar-refractivity contribution in [3.8, 4) is 11.4 Å². The van der Waals surface area contributed by atoms with Crippen LogP contribution in [0.4, 0.5) is 0 Å². The maximum absolute atomic E-state index is 5.25. The van der Waals surface area contributed by atoms with E-state index in [9.17, 15) is 0 Å². The molecule has 0 saturated carbocycles. The average Bonchev–Trinajstić information content (AvgIpc) is 2.72. The van der Waals surface area contributed by atoms with Crippen LogP contribution in [0.5, 0.6) is 0 Å². The first-order chi connectivity index (χ1) is 8.83. The van der Waals surface area contributed by atoms with Gasteiger partial charge in [0.15, 0.2) is 0 Å². The Labute approximate surface area is 113 Å². The van der Waals surface area contributed by atoms with E-state index >= 15 is 0 Å². The standard InChI is InChI=1S/C14H20N4O/c1-9-6-11(7-10(2)16-9)13-17-12(19-18-13)8-15-14(3,4)5/h6-7,15H,8H2,1-5H3. The van der Waals surface area contributed by atoms with Gasteiger partial charge in [-0.15, -0.1) is 0 Å². The molecule has 2 heterocycles. The van der Waals surface area contributed by atoms with Gasteiger partial charge in [-0.05, 0) is 46.8 Å². The molecule has 0 atom stereocenters. The van der Waals surface area contributed by atoms with Crippen molar-refractivity contribution in [1.82, 2.24) is 20.4 Å². The lowest BCUT2D eigenvalue weighted by molar-refractivity contribution is 0.336. The summed E-state index contributed by atoms with van der Waals surface area (Å²) in [6.07, 6.45) is 0. The molecule has 0 saturated heterocycles. The van der Waals surface area contributed by atoms with Crippen LogP contribution in [0.25, 0.3) is 11.4 Å². The normalized spacial score (nSPS) is 11.8. The van der Waals surface area contributed by atoms with E-state index in [1.165, 1.54) is 0 Å². The molecule has 2 aromatic rings. The quantitative estimate of drug-likeness (QED) is 0.919. The molecule has 5 nitrogen and oxygen atoms in total. The number of rotatable bonds is 3. The molecule has 102 valence electrons. The van der Waals surface area contributed by atoms with Gasteiger partial charge in [-0.25, -0.2) is 0 Å². The number of hydrogen-bond acceptors (Lipinski definition) is 5. The van der Waals surface area contributed by atoms with Crippen LogP contribution in [-0.2, 0) is 6.54 Å². The lowest BCUT2D eigenvalue weighted by Crippen LogP contribution is -2.35. The van der Waals surface area contributed by atoms with Crippen LogP contribution >= 0.6 is 0 Å². The summed E-state index contributed by atoms with van der Waals surface area (Å²) >= 11 is 0. The van der Waals surface area contributed by atoms with Gasteiger partial charge in [0.25, 0.3) is 0 Å². The molecule has 0 aromatic carbocycles. The summed E-state index contributed by atoms with van der Waals surface area (Å²) in [5, 5.41) is 7.33. The van der Waals surface area contributed by atoms with E-state index < -0.39 is 0 Å². The molecular weight excluding hydrogens is 240 g/mol. The van der Waals surface area contributed by atoms with Gasteiger partial charge < -0.3 is 9.84 Å². The molecule has 2 rings (SSSR count). The van der Waals surface area contributed by atoms with E-state index in [1.807, 2.05) is 26.0 Å². The summed E-state index contributed by atoms with van der Waals surface area (Å²) in [6.45, 7) is 10.8. The fraction of sp³-hybridized carbons (Fsp3) is 0.500. The van der Waals surface area contributed by atoms with E-state index in [2.05, 4.69) is 41.2 Å². The van der Waals surface area contributed by atoms with Crippen molar-refractivity contribution in [2.75, 3.05) is 0 Å². The van der Waals surface area contributed by atoms with Crippen molar-refractivity contribution in [2.45, 2.75) is 46.7 Å². The van der Waals surface area contributed by atoms with Gasteiger partial charge >= 0.3 is 0 Å². The second kappa shape index (κ2) is 5.09. The maximum Gasteiger partial charge on any atom is 0.240 e. The molecule has 0 bridgehead atoms. The van der Waals surface area contributed by atoms with E-state index in [0.717, 1.165) is 17.0 Å². The molecule has 0 aliphatic carbocycles. The average molecular weight is 260 g/mol. The third-order valence-electron chi connectivity index (χ3n) is 2.58. The van der Waals surface area contributed by atoms with Gasteiger partial charge in [0.2, 0.25) is 11.7 Å². The molecular formula is C14H20N4O. The van der Waals surface area contributed by atoms with Crippen molar-refractivity contribution in [3.05, 3.63) is 29.4 Å². The molecule has 19 heavy (non-hydrogen) atoms. The second-order valence-corrected chi connectivity index (χ2v) is 5.75. The van der Waals surface area contributed by atoms with Crippen LogP contribution in [-0.4, -0.2) is 20.7 Å². The highest BCUT2D eigenvalue weighted by Crippen LogP contribution is 2.17. The van der Waals surface area contributed by atoms with Crippen molar-refractivity contribution < 1.29 is 4.52 Å².